The molecule has 0 spiro atoms. The SMILES string of the molecule is C=CCCCCCC(NCCC)C1CCC(C)CC1. The molecule has 112 valence electrons. The summed E-state index contributed by atoms with van der Waals surface area (Å²) in [7, 11) is 0. The molecule has 1 aliphatic carbocycles. The van der Waals surface area contributed by atoms with Crippen LogP contribution < -0.4 is 5.32 Å². The molecule has 0 aromatic rings. The van der Waals surface area contributed by atoms with E-state index in [0.29, 0.717) is 0 Å². The lowest BCUT2D eigenvalue weighted by atomic mass is 9.78. The number of nitrogens with one attached hydrogen (secondary N) is 1. The largest absolute Gasteiger partial charge is 0.314 e. The van der Waals surface area contributed by atoms with E-state index in [1.807, 2.05) is 0 Å². The van der Waals surface area contributed by atoms with Gasteiger partial charge in [0.05, 0.1) is 0 Å². The van der Waals surface area contributed by atoms with E-state index in [-0.39, 0.29) is 0 Å². The monoisotopic (exact) mass is 265 g/mol. The molecule has 1 aliphatic rings. The molecule has 0 radical (unpaired) electrons. The number of unbranched alkanes of at least 4 members (excludes halogenated alkanes) is 3. The van der Waals surface area contributed by atoms with Gasteiger partial charge >= 0.3 is 0 Å². The van der Waals surface area contributed by atoms with Crippen molar-refractivity contribution in [3.05, 3.63) is 12.7 Å². The lowest BCUT2D eigenvalue weighted by molar-refractivity contribution is 0.219. The van der Waals surface area contributed by atoms with Gasteiger partial charge in [-0.2, -0.15) is 0 Å². The molecule has 0 aromatic heterocycles. The Morgan fingerprint density at radius 2 is 1.89 bits per heavy atom. The van der Waals surface area contributed by atoms with Gasteiger partial charge in [0, 0.05) is 6.04 Å². The Morgan fingerprint density at radius 1 is 1.16 bits per heavy atom. The fraction of sp³-hybridized carbons (Fsp3) is 0.889. The molecule has 1 unspecified atom stereocenters. The van der Waals surface area contributed by atoms with E-state index in [1.165, 1.54) is 70.8 Å². The number of hydrogen-bond donors (Lipinski definition) is 1. The van der Waals surface area contributed by atoms with Crippen molar-refractivity contribution in [3.63, 3.8) is 0 Å². The van der Waals surface area contributed by atoms with Gasteiger partial charge in [-0.05, 0) is 56.9 Å². The van der Waals surface area contributed by atoms with E-state index in [1.54, 1.807) is 0 Å². The second kappa shape index (κ2) is 10.5. The quantitative estimate of drug-likeness (QED) is 0.416. The van der Waals surface area contributed by atoms with E-state index in [9.17, 15) is 0 Å². The number of rotatable bonds is 10. The topological polar surface area (TPSA) is 12.0 Å². The highest BCUT2D eigenvalue weighted by atomic mass is 14.9. The van der Waals surface area contributed by atoms with Crippen LogP contribution in [0.1, 0.15) is 78.1 Å². The van der Waals surface area contributed by atoms with Crippen LogP contribution in [0.3, 0.4) is 0 Å². The van der Waals surface area contributed by atoms with Gasteiger partial charge in [0.15, 0.2) is 0 Å². The summed E-state index contributed by atoms with van der Waals surface area (Å²) < 4.78 is 0. The Balaban J connectivity index is 2.27. The molecule has 0 aliphatic heterocycles. The van der Waals surface area contributed by atoms with Crippen LogP contribution in [-0.2, 0) is 0 Å². The van der Waals surface area contributed by atoms with Crippen LogP contribution in [0.5, 0.6) is 0 Å². The fourth-order valence-corrected chi connectivity index (χ4v) is 3.35. The van der Waals surface area contributed by atoms with E-state index in [4.69, 9.17) is 0 Å². The molecule has 0 bridgehead atoms. The third-order valence-corrected chi connectivity index (χ3v) is 4.71. The third-order valence-electron chi connectivity index (χ3n) is 4.71. The highest BCUT2D eigenvalue weighted by Crippen LogP contribution is 2.32. The zero-order valence-corrected chi connectivity index (χ0v) is 13.3. The Kier molecular flexibility index (Phi) is 9.24. The van der Waals surface area contributed by atoms with Gasteiger partial charge < -0.3 is 5.32 Å². The molecule has 19 heavy (non-hydrogen) atoms. The number of hydrogen-bond acceptors (Lipinski definition) is 1. The highest BCUT2D eigenvalue weighted by molar-refractivity contribution is 4.81. The van der Waals surface area contributed by atoms with Crippen molar-refractivity contribution >= 4 is 0 Å². The highest BCUT2D eigenvalue weighted by Gasteiger charge is 2.25. The van der Waals surface area contributed by atoms with Crippen molar-refractivity contribution in [1.29, 1.82) is 0 Å². The molecule has 0 saturated heterocycles. The maximum atomic E-state index is 3.82. The first-order chi connectivity index (χ1) is 9.27. The Labute approximate surface area is 121 Å². The maximum Gasteiger partial charge on any atom is 0.00953 e. The predicted octanol–water partition coefficient (Wildman–Crippen LogP) is 5.32. The van der Waals surface area contributed by atoms with Crippen LogP contribution in [0, 0.1) is 11.8 Å². The number of allylic oxidation sites excluding steroid dienone is 1. The van der Waals surface area contributed by atoms with Gasteiger partial charge in [-0.25, -0.2) is 0 Å². The van der Waals surface area contributed by atoms with E-state index < -0.39 is 0 Å². The third kappa shape index (κ3) is 7.15. The smallest absolute Gasteiger partial charge is 0.00953 e. The van der Waals surface area contributed by atoms with Gasteiger partial charge in [-0.15, -0.1) is 6.58 Å². The van der Waals surface area contributed by atoms with E-state index in [0.717, 1.165) is 17.9 Å². The molecule has 0 amide bonds. The average Bonchev–Trinajstić information content (AvgIpc) is 2.43. The normalized spacial score (nSPS) is 25.2. The Hall–Kier alpha value is -0.300. The Bertz CT molecular complexity index is 216. The maximum absolute atomic E-state index is 3.82. The van der Waals surface area contributed by atoms with Crippen molar-refractivity contribution in [2.24, 2.45) is 11.8 Å². The molecule has 1 rings (SSSR count). The minimum atomic E-state index is 0.788. The first-order valence-electron chi connectivity index (χ1n) is 8.62. The molecule has 0 heterocycles. The molecule has 1 heteroatoms. The first kappa shape index (κ1) is 16.8. The summed E-state index contributed by atoms with van der Waals surface area (Å²) in [5, 5.41) is 3.82. The summed E-state index contributed by atoms with van der Waals surface area (Å²) in [6.45, 7) is 9.69. The first-order valence-corrected chi connectivity index (χ1v) is 8.62. The molecule has 1 atom stereocenters. The minimum Gasteiger partial charge on any atom is -0.314 e. The van der Waals surface area contributed by atoms with E-state index in [2.05, 4.69) is 31.8 Å². The molecule has 1 N–H and O–H groups in total. The molecular formula is C18H35N. The van der Waals surface area contributed by atoms with Crippen LogP contribution >= 0.6 is 0 Å². The van der Waals surface area contributed by atoms with Crippen LogP contribution in [0.15, 0.2) is 12.7 Å². The molecule has 0 aromatic carbocycles. The van der Waals surface area contributed by atoms with Crippen molar-refractivity contribution in [1.82, 2.24) is 5.32 Å². The van der Waals surface area contributed by atoms with Crippen molar-refractivity contribution in [2.45, 2.75) is 84.1 Å². The van der Waals surface area contributed by atoms with Crippen molar-refractivity contribution in [2.75, 3.05) is 6.54 Å². The van der Waals surface area contributed by atoms with Crippen molar-refractivity contribution < 1.29 is 0 Å². The van der Waals surface area contributed by atoms with E-state index >= 15 is 0 Å². The summed E-state index contributed by atoms with van der Waals surface area (Å²) >= 11 is 0. The average molecular weight is 265 g/mol. The minimum absolute atomic E-state index is 0.788. The zero-order chi connectivity index (χ0) is 13.9. The predicted molar refractivity (Wildman–Crippen MR) is 86.5 cm³/mol. The summed E-state index contributed by atoms with van der Waals surface area (Å²) in [5.74, 6) is 1.91. The molecule has 1 fully saturated rings. The summed E-state index contributed by atoms with van der Waals surface area (Å²) in [5.41, 5.74) is 0. The Morgan fingerprint density at radius 3 is 2.53 bits per heavy atom. The second-order valence-electron chi connectivity index (χ2n) is 6.51. The van der Waals surface area contributed by atoms with Crippen LogP contribution in [-0.4, -0.2) is 12.6 Å². The standard InChI is InChI=1S/C18H35N/c1-4-6-7-8-9-10-18(19-15-5-2)17-13-11-16(3)12-14-17/h4,16-19H,1,5-15H2,2-3H3. The van der Waals surface area contributed by atoms with Gasteiger partial charge in [-0.3, -0.25) is 0 Å². The molecule has 1 nitrogen and oxygen atoms in total. The summed E-state index contributed by atoms with van der Waals surface area (Å²) in [6, 6.07) is 0.788. The summed E-state index contributed by atoms with van der Waals surface area (Å²) in [4.78, 5) is 0. The summed E-state index contributed by atoms with van der Waals surface area (Å²) in [6.07, 6.45) is 15.8. The van der Waals surface area contributed by atoms with Crippen molar-refractivity contribution in [3.8, 4) is 0 Å². The molecular weight excluding hydrogens is 230 g/mol. The lowest BCUT2D eigenvalue weighted by Gasteiger charge is -2.33. The van der Waals surface area contributed by atoms with Gasteiger partial charge in [0.2, 0.25) is 0 Å². The van der Waals surface area contributed by atoms with Gasteiger partial charge in [0.1, 0.15) is 0 Å². The van der Waals surface area contributed by atoms with Crippen LogP contribution in [0.25, 0.3) is 0 Å². The van der Waals surface area contributed by atoms with Crippen LogP contribution in [0.2, 0.25) is 0 Å². The lowest BCUT2D eigenvalue weighted by Crippen LogP contribution is -2.38. The second-order valence-corrected chi connectivity index (χ2v) is 6.51. The van der Waals surface area contributed by atoms with Gasteiger partial charge in [-0.1, -0.05) is 45.6 Å². The van der Waals surface area contributed by atoms with Gasteiger partial charge in [0.25, 0.3) is 0 Å². The van der Waals surface area contributed by atoms with Crippen LogP contribution in [0.4, 0.5) is 0 Å². The molecule has 1 saturated carbocycles. The fourth-order valence-electron chi connectivity index (χ4n) is 3.35. The zero-order valence-electron chi connectivity index (χ0n) is 13.3.